The quantitative estimate of drug-likeness (QED) is 0.458. The zero-order valence-electron chi connectivity index (χ0n) is 9.79. The van der Waals surface area contributed by atoms with E-state index in [0.717, 1.165) is 0 Å². The van der Waals surface area contributed by atoms with Crippen LogP contribution in [0.1, 0.15) is 26.7 Å². The van der Waals surface area contributed by atoms with Gasteiger partial charge in [-0.1, -0.05) is 13.8 Å². The Kier molecular flexibility index (Phi) is 6.76. The van der Waals surface area contributed by atoms with Gasteiger partial charge in [-0.05, 0) is 12.8 Å². The average molecular weight is 228 g/mol. The van der Waals surface area contributed by atoms with Crippen LogP contribution in [0.5, 0.6) is 0 Å². The Hall–Kier alpha value is -1.07. The molecule has 0 aromatic heterocycles. The van der Waals surface area contributed by atoms with Crippen LogP contribution in [0.25, 0.3) is 0 Å². The number of rotatable bonds is 8. The Morgan fingerprint density at radius 2 is 1.31 bits per heavy atom. The third-order valence-corrected chi connectivity index (χ3v) is 2.73. The summed E-state index contributed by atoms with van der Waals surface area (Å²) in [5.74, 6) is -1.69. The molecule has 0 fully saturated rings. The van der Waals surface area contributed by atoms with Gasteiger partial charge in [0.25, 0.3) is 0 Å². The molecule has 0 aromatic rings. The minimum atomic E-state index is -0.665. The summed E-state index contributed by atoms with van der Waals surface area (Å²) in [5, 5.41) is 33.1. The molecule has 16 heavy (non-hydrogen) atoms. The van der Waals surface area contributed by atoms with Crippen molar-refractivity contribution in [1.82, 2.24) is 0 Å². The molecule has 5 nitrogen and oxygen atoms in total. The van der Waals surface area contributed by atoms with E-state index in [1.165, 1.54) is 0 Å². The fraction of sp³-hybridized carbons (Fsp3) is 0.727. The van der Waals surface area contributed by atoms with Gasteiger partial charge in [0.15, 0.2) is 0 Å². The maximum absolute atomic E-state index is 11.7. The van der Waals surface area contributed by atoms with Crippen LogP contribution in [0.2, 0.25) is 0 Å². The van der Waals surface area contributed by atoms with Crippen molar-refractivity contribution in [3.8, 4) is 0 Å². The van der Waals surface area contributed by atoms with Gasteiger partial charge in [-0.3, -0.25) is 4.79 Å². The Balaban J connectivity index is 4.66. The second-order valence-electron chi connectivity index (χ2n) is 3.73. The van der Waals surface area contributed by atoms with Gasteiger partial charge in [0.2, 0.25) is 5.78 Å². The smallest absolute Gasteiger partial charge is 0.220 e. The molecule has 0 bridgehead atoms. The first-order chi connectivity index (χ1) is 7.53. The Morgan fingerprint density at radius 1 is 1.00 bits per heavy atom. The van der Waals surface area contributed by atoms with E-state index in [-0.39, 0.29) is 24.6 Å². The topological polar surface area (TPSA) is 105 Å². The number of hydrogen-bond donors (Lipinski definition) is 4. The summed E-state index contributed by atoms with van der Waals surface area (Å²) in [5.41, 5.74) is -0.469. The Bertz CT molecular complexity index is 242. The van der Waals surface area contributed by atoms with Gasteiger partial charge in [0.05, 0.1) is 24.6 Å². The summed E-state index contributed by atoms with van der Waals surface area (Å²) in [4.78, 5) is 11.7. The minimum Gasteiger partial charge on any atom is -0.396 e. The van der Waals surface area contributed by atoms with Gasteiger partial charge in [-0.25, -0.2) is 0 Å². The number of aliphatic hydroxyl groups is 2. The number of carbonyl (C=O) groups is 1. The van der Waals surface area contributed by atoms with Crippen molar-refractivity contribution < 1.29 is 15.0 Å². The molecule has 2 unspecified atom stereocenters. The summed E-state index contributed by atoms with van der Waals surface area (Å²) in [6.45, 7) is 3.03. The van der Waals surface area contributed by atoms with Gasteiger partial charge in [-0.15, -0.1) is 0 Å². The lowest BCUT2D eigenvalue weighted by Crippen LogP contribution is -2.35. The maximum Gasteiger partial charge on any atom is 0.220 e. The van der Waals surface area contributed by atoms with Crippen molar-refractivity contribution in [3.05, 3.63) is 0 Å². The molecule has 0 aliphatic heterocycles. The number of ketones is 1. The summed E-state index contributed by atoms with van der Waals surface area (Å²) in [7, 11) is 0. The highest BCUT2D eigenvalue weighted by Gasteiger charge is 2.26. The Labute approximate surface area is 95.5 Å². The largest absolute Gasteiger partial charge is 0.396 e. The molecule has 0 saturated heterocycles. The van der Waals surface area contributed by atoms with Crippen molar-refractivity contribution in [1.29, 1.82) is 10.8 Å². The highest BCUT2D eigenvalue weighted by Crippen LogP contribution is 2.09. The predicted octanol–water partition coefficient (Wildman–Crippen LogP) is 0.632. The first kappa shape index (κ1) is 14.9. The third kappa shape index (κ3) is 3.50. The molecule has 0 rings (SSSR count). The van der Waals surface area contributed by atoms with E-state index in [0.29, 0.717) is 12.8 Å². The molecule has 0 radical (unpaired) electrons. The normalized spacial score (nSPS) is 14.2. The lowest BCUT2D eigenvalue weighted by molar-refractivity contribution is -0.108. The van der Waals surface area contributed by atoms with Crippen LogP contribution in [-0.4, -0.2) is 40.6 Å². The van der Waals surface area contributed by atoms with E-state index >= 15 is 0 Å². The first-order valence-corrected chi connectivity index (χ1v) is 5.46. The molecule has 0 amide bonds. The van der Waals surface area contributed by atoms with Gasteiger partial charge >= 0.3 is 0 Å². The number of aliphatic hydroxyl groups excluding tert-OH is 2. The van der Waals surface area contributed by atoms with Crippen LogP contribution in [-0.2, 0) is 4.79 Å². The highest BCUT2D eigenvalue weighted by atomic mass is 16.3. The van der Waals surface area contributed by atoms with Crippen LogP contribution in [0.15, 0.2) is 0 Å². The summed E-state index contributed by atoms with van der Waals surface area (Å²) < 4.78 is 0. The van der Waals surface area contributed by atoms with Crippen molar-refractivity contribution in [3.63, 3.8) is 0 Å². The van der Waals surface area contributed by atoms with Gasteiger partial charge in [0, 0.05) is 11.8 Å². The molecule has 4 N–H and O–H groups in total. The summed E-state index contributed by atoms with van der Waals surface area (Å²) >= 11 is 0. The molecule has 0 saturated carbocycles. The number of Topliss-reactive ketones (excluding diaryl/α,β-unsaturated/α-hetero) is 1. The number of hydrogen-bond acceptors (Lipinski definition) is 5. The van der Waals surface area contributed by atoms with Crippen LogP contribution >= 0.6 is 0 Å². The molecule has 2 atom stereocenters. The molecule has 0 aliphatic rings. The van der Waals surface area contributed by atoms with E-state index < -0.39 is 17.6 Å². The van der Waals surface area contributed by atoms with Gasteiger partial charge < -0.3 is 21.0 Å². The lowest BCUT2D eigenvalue weighted by Gasteiger charge is -2.16. The van der Waals surface area contributed by atoms with E-state index in [2.05, 4.69) is 0 Å². The highest BCUT2D eigenvalue weighted by molar-refractivity contribution is 6.66. The van der Waals surface area contributed by atoms with Crippen molar-refractivity contribution in [2.45, 2.75) is 26.7 Å². The van der Waals surface area contributed by atoms with Gasteiger partial charge in [-0.2, -0.15) is 0 Å². The zero-order valence-corrected chi connectivity index (χ0v) is 9.79. The zero-order chi connectivity index (χ0) is 12.7. The molecule has 92 valence electrons. The molecular formula is C11H20N2O3. The monoisotopic (exact) mass is 228 g/mol. The summed E-state index contributed by atoms with van der Waals surface area (Å²) in [6, 6.07) is 0. The standard InChI is InChI=1S/C11H20N2O3/c1-3-7(5-14)9(12)11(16)10(13)8(4-2)6-15/h7-8,12-15H,3-6H2,1-2H3. The second kappa shape index (κ2) is 7.24. The first-order valence-electron chi connectivity index (χ1n) is 5.46. The summed E-state index contributed by atoms with van der Waals surface area (Å²) in [6.07, 6.45) is 0.981. The van der Waals surface area contributed by atoms with Crippen LogP contribution < -0.4 is 0 Å². The van der Waals surface area contributed by atoms with Crippen molar-refractivity contribution in [2.75, 3.05) is 13.2 Å². The van der Waals surface area contributed by atoms with E-state index in [1.54, 1.807) is 13.8 Å². The fourth-order valence-electron chi connectivity index (χ4n) is 1.36. The molecule has 0 aromatic carbocycles. The van der Waals surface area contributed by atoms with E-state index in [4.69, 9.17) is 21.0 Å². The van der Waals surface area contributed by atoms with Crippen molar-refractivity contribution >= 4 is 17.2 Å². The Morgan fingerprint density at radius 3 is 1.50 bits per heavy atom. The van der Waals surface area contributed by atoms with Crippen LogP contribution in [0, 0.1) is 22.7 Å². The maximum atomic E-state index is 11.7. The van der Waals surface area contributed by atoms with E-state index in [9.17, 15) is 4.79 Å². The molecule has 0 spiro atoms. The predicted molar refractivity (Wildman–Crippen MR) is 62.2 cm³/mol. The molecule has 5 heteroatoms. The number of carbonyl (C=O) groups excluding carboxylic acids is 1. The number of nitrogens with one attached hydrogen (secondary N) is 2. The molecule has 0 heterocycles. The van der Waals surface area contributed by atoms with Crippen LogP contribution in [0.4, 0.5) is 0 Å². The SMILES string of the molecule is CCC(CO)C(=N)C(=O)C(=N)C(CC)CO. The third-order valence-electron chi connectivity index (χ3n) is 2.73. The molecule has 0 aliphatic carbocycles. The second-order valence-corrected chi connectivity index (χ2v) is 3.73. The minimum absolute atomic E-state index is 0.234. The fourth-order valence-corrected chi connectivity index (χ4v) is 1.36. The lowest BCUT2D eigenvalue weighted by atomic mass is 9.90. The van der Waals surface area contributed by atoms with Crippen molar-refractivity contribution in [2.24, 2.45) is 11.8 Å². The van der Waals surface area contributed by atoms with E-state index in [1.807, 2.05) is 0 Å². The van der Waals surface area contributed by atoms with Gasteiger partial charge in [0.1, 0.15) is 0 Å². The average Bonchev–Trinajstić information content (AvgIpc) is 2.30. The molecular weight excluding hydrogens is 208 g/mol. The van der Waals surface area contributed by atoms with Crippen LogP contribution in [0.3, 0.4) is 0 Å².